The van der Waals surface area contributed by atoms with Crippen molar-refractivity contribution in [2.24, 2.45) is 5.73 Å². The minimum atomic E-state index is -0.236. The number of carbonyl (C=O) groups excluding carboxylic acids is 1. The smallest absolute Gasteiger partial charge is 0.333 e. The summed E-state index contributed by atoms with van der Waals surface area (Å²) in [5.74, 6) is -0.236. The lowest BCUT2D eigenvalue weighted by Gasteiger charge is -2.16. The van der Waals surface area contributed by atoms with Gasteiger partial charge in [-0.25, -0.2) is 4.79 Å². The zero-order valence-corrected chi connectivity index (χ0v) is 8.98. The molecule has 5 nitrogen and oxygen atoms in total. The second kappa shape index (κ2) is 8.40. The Morgan fingerprint density at radius 2 is 2.20 bits per heavy atom. The van der Waals surface area contributed by atoms with Crippen LogP contribution in [0.25, 0.3) is 0 Å². The number of methoxy groups -OCH3 is 1. The maximum Gasteiger partial charge on any atom is 0.333 e. The average molecular weight is 217 g/mol. The summed E-state index contributed by atoms with van der Waals surface area (Å²) in [4.78, 5) is 11.0. The van der Waals surface area contributed by atoms with Gasteiger partial charge in [-0.15, -0.1) is 0 Å². The number of nitrogens with two attached hydrogens (primary N) is 1. The molecule has 15 heavy (non-hydrogen) atoms. The van der Waals surface area contributed by atoms with E-state index in [2.05, 4.69) is 4.74 Å². The van der Waals surface area contributed by atoms with Gasteiger partial charge in [0.1, 0.15) is 0 Å². The van der Waals surface area contributed by atoms with Crippen molar-refractivity contribution in [2.45, 2.75) is 25.3 Å². The van der Waals surface area contributed by atoms with Gasteiger partial charge in [-0.2, -0.15) is 0 Å². The first kappa shape index (κ1) is 14.1. The van der Waals surface area contributed by atoms with Crippen molar-refractivity contribution in [2.75, 3.05) is 20.3 Å². The zero-order chi connectivity index (χ0) is 11.7. The number of aliphatic hydroxyl groups excluding tert-OH is 2. The quantitative estimate of drug-likeness (QED) is 0.546. The second-order valence-corrected chi connectivity index (χ2v) is 3.21. The molecule has 4 N–H and O–H groups in total. The van der Waals surface area contributed by atoms with Gasteiger partial charge >= 0.3 is 5.97 Å². The Labute approximate surface area is 89.5 Å². The molecular weight excluding hydrogens is 198 g/mol. The van der Waals surface area contributed by atoms with E-state index < -0.39 is 0 Å². The van der Waals surface area contributed by atoms with E-state index in [0.29, 0.717) is 6.42 Å². The Morgan fingerprint density at radius 1 is 1.60 bits per heavy atom. The fourth-order valence-corrected chi connectivity index (χ4v) is 1.24. The van der Waals surface area contributed by atoms with Crippen LogP contribution in [0.15, 0.2) is 11.6 Å². The number of ether oxygens (including phenoxy) is 1. The molecule has 0 spiro atoms. The lowest BCUT2D eigenvalue weighted by atomic mass is 9.96. The molecule has 0 radical (unpaired) electrons. The highest BCUT2D eigenvalue weighted by atomic mass is 16.5. The monoisotopic (exact) mass is 217 g/mol. The summed E-state index contributed by atoms with van der Waals surface area (Å²) in [7, 11) is 1.39. The SMILES string of the molecule is COC(=O)C1=CCCC(N)C1.OCCO. The summed E-state index contributed by atoms with van der Waals surface area (Å²) < 4.78 is 4.58. The van der Waals surface area contributed by atoms with Crippen LogP contribution in [-0.2, 0) is 9.53 Å². The standard InChI is InChI=1S/C8H13NO2.C2H6O2/c1-11-8(10)6-3-2-4-7(9)5-6;3-1-2-4/h3,7H,2,4-5,9H2,1H3;3-4H,1-2H2. The maximum absolute atomic E-state index is 11.0. The summed E-state index contributed by atoms with van der Waals surface area (Å²) >= 11 is 0. The number of hydrogen-bond donors (Lipinski definition) is 3. The fraction of sp³-hybridized carbons (Fsp3) is 0.700. The largest absolute Gasteiger partial charge is 0.466 e. The Bertz CT molecular complexity index is 213. The molecule has 1 aliphatic rings. The lowest BCUT2D eigenvalue weighted by Crippen LogP contribution is -2.25. The van der Waals surface area contributed by atoms with Gasteiger partial charge in [-0.05, 0) is 19.3 Å². The molecular formula is C10H19NO4. The number of carbonyl (C=O) groups is 1. The number of aliphatic hydroxyl groups is 2. The average Bonchev–Trinajstić information content (AvgIpc) is 2.28. The van der Waals surface area contributed by atoms with Gasteiger partial charge in [0, 0.05) is 11.6 Å². The predicted octanol–water partition coefficient (Wildman–Crippen LogP) is -0.432. The van der Waals surface area contributed by atoms with Crippen LogP contribution in [0.1, 0.15) is 19.3 Å². The molecule has 0 fully saturated rings. The first-order valence-corrected chi connectivity index (χ1v) is 4.90. The summed E-state index contributed by atoms with van der Waals surface area (Å²) in [6.45, 7) is -0.250. The third-order valence-electron chi connectivity index (χ3n) is 1.96. The fourth-order valence-electron chi connectivity index (χ4n) is 1.24. The molecule has 1 atom stereocenters. The zero-order valence-electron chi connectivity index (χ0n) is 8.98. The van der Waals surface area contributed by atoms with Crippen molar-refractivity contribution < 1.29 is 19.7 Å². The third-order valence-corrected chi connectivity index (χ3v) is 1.96. The summed E-state index contributed by atoms with van der Waals surface area (Å²) in [5, 5.41) is 15.2. The van der Waals surface area contributed by atoms with E-state index in [4.69, 9.17) is 15.9 Å². The highest BCUT2D eigenvalue weighted by Crippen LogP contribution is 2.17. The van der Waals surface area contributed by atoms with E-state index in [-0.39, 0.29) is 25.2 Å². The number of hydrogen-bond acceptors (Lipinski definition) is 5. The van der Waals surface area contributed by atoms with Crippen LogP contribution in [0, 0.1) is 0 Å². The van der Waals surface area contributed by atoms with Crippen LogP contribution >= 0.6 is 0 Å². The molecule has 0 aromatic carbocycles. The normalized spacial score (nSPS) is 19.7. The van der Waals surface area contributed by atoms with Crippen molar-refractivity contribution in [1.29, 1.82) is 0 Å². The molecule has 0 heterocycles. The lowest BCUT2D eigenvalue weighted by molar-refractivity contribution is -0.136. The van der Waals surface area contributed by atoms with E-state index in [0.717, 1.165) is 18.4 Å². The topological polar surface area (TPSA) is 92.8 Å². The van der Waals surface area contributed by atoms with E-state index >= 15 is 0 Å². The highest BCUT2D eigenvalue weighted by Gasteiger charge is 2.17. The Kier molecular flexibility index (Phi) is 7.89. The third kappa shape index (κ3) is 6.22. The Balaban J connectivity index is 0.000000423. The molecule has 1 unspecified atom stereocenters. The van der Waals surface area contributed by atoms with Crippen molar-refractivity contribution in [3.05, 3.63) is 11.6 Å². The highest BCUT2D eigenvalue weighted by molar-refractivity contribution is 5.88. The number of allylic oxidation sites excluding steroid dienone is 1. The van der Waals surface area contributed by atoms with Gasteiger partial charge in [-0.3, -0.25) is 0 Å². The van der Waals surface area contributed by atoms with E-state index in [1.807, 2.05) is 6.08 Å². The second-order valence-electron chi connectivity index (χ2n) is 3.21. The van der Waals surface area contributed by atoms with Crippen molar-refractivity contribution in [3.63, 3.8) is 0 Å². The first-order valence-electron chi connectivity index (χ1n) is 4.90. The van der Waals surface area contributed by atoms with Gasteiger partial charge in [0.2, 0.25) is 0 Å². The molecule has 0 aromatic rings. The molecule has 0 aliphatic heterocycles. The Hall–Kier alpha value is -0.910. The van der Waals surface area contributed by atoms with Gasteiger partial charge < -0.3 is 20.7 Å². The maximum atomic E-state index is 11.0. The Morgan fingerprint density at radius 3 is 2.60 bits per heavy atom. The minimum Gasteiger partial charge on any atom is -0.466 e. The van der Waals surface area contributed by atoms with Gasteiger partial charge in [0.15, 0.2) is 0 Å². The molecule has 1 rings (SSSR count). The number of esters is 1. The minimum absolute atomic E-state index is 0.125. The number of rotatable bonds is 2. The van der Waals surface area contributed by atoms with Crippen LogP contribution < -0.4 is 5.73 Å². The van der Waals surface area contributed by atoms with Crippen LogP contribution in [-0.4, -0.2) is 42.5 Å². The van der Waals surface area contributed by atoms with Gasteiger partial charge in [-0.1, -0.05) is 6.08 Å². The van der Waals surface area contributed by atoms with Crippen LogP contribution in [0.2, 0.25) is 0 Å². The molecule has 0 aromatic heterocycles. The summed E-state index contributed by atoms with van der Waals surface area (Å²) in [6, 6.07) is 0.133. The summed E-state index contributed by atoms with van der Waals surface area (Å²) in [6.07, 6.45) is 4.44. The van der Waals surface area contributed by atoms with Crippen molar-refractivity contribution in [3.8, 4) is 0 Å². The van der Waals surface area contributed by atoms with Crippen LogP contribution in [0.3, 0.4) is 0 Å². The van der Waals surface area contributed by atoms with Crippen molar-refractivity contribution in [1.82, 2.24) is 0 Å². The van der Waals surface area contributed by atoms with Gasteiger partial charge in [0.25, 0.3) is 0 Å². The van der Waals surface area contributed by atoms with Crippen LogP contribution in [0.4, 0.5) is 0 Å². The van der Waals surface area contributed by atoms with E-state index in [1.54, 1.807) is 0 Å². The van der Waals surface area contributed by atoms with Crippen molar-refractivity contribution >= 4 is 5.97 Å². The van der Waals surface area contributed by atoms with E-state index in [1.165, 1.54) is 7.11 Å². The van der Waals surface area contributed by atoms with Gasteiger partial charge in [0.05, 0.1) is 20.3 Å². The molecule has 0 bridgehead atoms. The predicted molar refractivity (Wildman–Crippen MR) is 56.1 cm³/mol. The molecule has 0 saturated heterocycles. The molecule has 5 heteroatoms. The first-order chi connectivity index (χ1) is 7.15. The molecule has 0 saturated carbocycles. The summed E-state index contributed by atoms with van der Waals surface area (Å²) in [5.41, 5.74) is 6.40. The van der Waals surface area contributed by atoms with Crippen LogP contribution in [0.5, 0.6) is 0 Å². The molecule has 88 valence electrons. The van der Waals surface area contributed by atoms with E-state index in [9.17, 15) is 4.79 Å². The molecule has 1 aliphatic carbocycles. The molecule has 0 amide bonds.